The van der Waals surface area contributed by atoms with Crippen LogP contribution in [0.25, 0.3) is 22.3 Å². The second-order valence-electron chi connectivity index (χ2n) is 9.58. The number of para-hydroxylation sites is 2. The summed E-state index contributed by atoms with van der Waals surface area (Å²) in [7, 11) is 1.46. The van der Waals surface area contributed by atoms with Gasteiger partial charge >= 0.3 is 5.97 Å². The van der Waals surface area contributed by atoms with Crippen molar-refractivity contribution >= 4 is 23.1 Å². The van der Waals surface area contributed by atoms with Gasteiger partial charge in [0.25, 0.3) is 5.56 Å². The summed E-state index contributed by atoms with van der Waals surface area (Å²) in [4.78, 5) is 30.1. The predicted octanol–water partition coefficient (Wildman–Crippen LogP) is 5.64. The molecule has 0 amide bonds. The number of aromatic nitrogens is 2. The van der Waals surface area contributed by atoms with Crippen molar-refractivity contribution in [3.63, 3.8) is 0 Å². The Morgan fingerprint density at radius 1 is 1.10 bits per heavy atom. The van der Waals surface area contributed by atoms with Crippen molar-refractivity contribution in [3.8, 4) is 28.6 Å². The molecule has 0 bridgehead atoms. The fourth-order valence-electron chi connectivity index (χ4n) is 4.34. The lowest BCUT2D eigenvalue weighted by Crippen LogP contribution is -2.24. The molecule has 0 aliphatic rings. The van der Waals surface area contributed by atoms with Crippen LogP contribution in [-0.2, 0) is 4.79 Å². The number of nitrogens with zero attached hydrogens (tertiary/aromatic N) is 3. The van der Waals surface area contributed by atoms with Crippen molar-refractivity contribution in [1.29, 1.82) is 0 Å². The number of rotatable bonds is 10. The van der Waals surface area contributed by atoms with Crippen molar-refractivity contribution in [2.75, 3.05) is 13.7 Å². The number of methoxy groups -OCH3 is 1. The van der Waals surface area contributed by atoms with Crippen LogP contribution in [0.4, 0.5) is 0 Å². The van der Waals surface area contributed by atoms with E-state index in [9.17, 15) is 14.7 Å². The van der Waals surface area contributed by atoms with Gasteiger partial charge in [0, 0.05) is 11.1 Å². The van der Waals surface area contributed by atoms with E-state index in [0.29, 0.717) is 34.6 Å². The summed E-state index contributed by atoms with van der Waals surface area (Å²) >= 11 is 0. The maximum Gasteiger partial charge on any atom is 0.344 e. The number of aryl methyl sites for hydroxylation is 1. The number of fused-ring (bicyclic) bond motifs is 1. The van der Waals surface area contributed by atoms with E-state index < -0.39 is 12.1 Å². The monoisotopic (exact) mass is 543 g/mol. The first-order valence-electron chi connectivity index (χ1n) is 13.1. The molecule has 40 heavy (non-hydrogen) atoms. The molecular formula is C31H33N3O6. The van der Waals surface area contributed by atoms with Gasteiger partial charge in [-0.2, -0.15) is 9.78 Å². The average Bonchev–Trinajstić information content (AvgIpc) is 2.93. The van der Waals surface area contributed by atoms with Crippen LogP contribution < -0.4 is 19.8 Å². The van der Waals surface area contributed by atoms with E-state index in [1.807, 2.05) is 32.0 Å². The van der Waals surface area contributed by atoms with Crippen LogP contribution in [0.5, 0.6) is 17.2 Å². The van der Waals surface area contributed by atoms with Crippen molar-refractivity contribution < 1.29 is 24.1 Å². The largest absolute Gasteiger partial charge is 0.494 e. The second kappa shape index (κ2) is 12.0. The summed E-state index contributed by atoms with van der Waals surface area (Å²) in [6.45, 7) is 10.0. The number of aliphatic carboxylic acids is 1. The molecule has 9 nitrogen and oxygen atoms in total. The van der Waals surface area contributed by atoms with Crippen LogP contribution in [0.15, 0.2) is 64.5 Å². The van der Waals surface area contributed by atoms with Crippen LogP contribution in [0.2, 0.25) is 0 Å². The Labute approximate surface area is 232 Å². The van der Waals surface area contributed by atoms with E-state index in [0.717, 1.165) is 22.4 Å². The number of carbonyl (C=O) groups is 1. The lowest BCUT2D eigenvalue weighted by molar-refractivity contribution is -0.144. The van der Waals surface area contributed by atoms with Crippen LogP contribution in [0, 0.1) is 6.92 Å². The first-order chi connectivity index (χ1) is 19.2. The number of benzene rings is 3. The highest BCUT2D eigenvalue weighted by molar-refractivity contribution is 5.86. The quantitative estimate of drug-likeness (QED) is 0.258. The van der Waals surface area contributed by atoms with Gasteiger partial charge in [-0.3, -0.25) is 4.79 Å². The van der Waals surface area contributed by atoms with E-state index in [2.05, 4.69) is 18.9 Å². The maximum absolute atomic E-state index is 13.8. The molecule has 1 heterocycles. The third kappa shape index (κ3) is 5.68. The van der Waals surface area contributed by atoms with E-state index in [1.165, 1.54) is 24.9 Å². The SMILES string of the molecule is CCOc1cc(C)c(-c2nc3ccccc3c(=O)n2N=Cc2cccc(OC)c2O[C@@H](C)C(=O)O)cc1C(C)C. The van der Waals surface area contributed by atoms with Gasteiger partial charge in [-0.1, -0.05) is 32.0 Å². The number of carboxylic acid groups (broad SMARTS) is 1. The fraction of sp³-hybridized carbons (Fsp3) is 0.290. The highest BCUT2D eigenvalue weighted by atomic mass is 16.5. The highest BCUT2D eigenvalue weighted by Gasteiger charge is 2.20. The zero-order valence-electron chi connectivity index (χ0n) is 23.5. The number of hydrogen-bond acceptors (Lipinski definition) is 7. The van der Waals surface area contributed by atoms with E-state index in [1.54, 1.807) is 36.4 Å². The van der Waals surface area contributed by atoms with E-state index >= 15 is 0 Å². The predicted molar refractivity (Wildman–Crippen MR) is 155 cm³/mol. The maximum atomic E-state index is 13.8. The minimum Gasteiger partial charge on any atom is -0.494 e. The zero-order chi connectivity index (χ0) is 29.0. The standard InChI is InChI=1S/C31H33N3O6/c1-7-39-27-15-19(4)24(16-23(27)18(2)3)29-33-25-13-9-8-12-22(25)30(35)34(29)32-17-21-11-10-14-26(38-6)28(21)40-20(5)31(36)37/h8-18,20H,7H2,1-6H3,(H,36,37)/t20-/m0/s1. The molecule has 3 aromatic carbocycles. The molecule has 9 heteroatoms. The van der Waals surface area contributed by atoms with Crippen LogP contribution in [0.1, 0.15) is 50.3 Å². The Balaban J connectivity index is 1.95. The van der Waals surface area contributed by atoms with Crippen molar-refractivity contribution in [1.82, 2.24) is 9.66 Å². The molecule has 208 valence electrons. The lowest BCUT2D eigenvalue weighted by atomic mass is 9.96. The molecule has 4 aromatic rings. The lowest BCUT2D eigenvalue weighted by Gasteiger charge is -2.18. The Kier molecular flexibility index (Phi) is 8.52. The third-order valence-corrected chi connectivity index (χ3v) is 6.46. The van der Waals surface area contributed by atoms with Gasteiger partial charge in [-0.05, 0) is 74.2 Å². The minimum atomic E-state index is -1.13. The van der Waals surface area contributed by atoms with Gasteiger partial charge in [-0.15, -0.1) is 0 Å². The first-order valence-corrected chi connectivity index (χ1v) is 13.1. The highest BCUT2D eigenvalue weighted by Crippen LogP contribution is 2.35. The molecule has 0 saturated carbocycles. The van der Waals surface area contributed by atoms with Crippen LogP contribution in [0.3, 0.4) is 0 Å². The fourth-order valence-corrected chi connectivity index (χ4v) is 4.34. The van der Waals surface area contributed by atoms with Gasteiger partial charge in [0.05, 0.1) is 30.8 Å². The molecule has 0 fully saturated rings. The molecule has 1 atom stereocenters. The molecule has 0 radical (unpaired) electrons. The Morgan fingerprint density at radius 2 is 1.85 bits per heavy atom. The Morgan fingerprint density at radius 3 is 2.52 bits per heavy atom. The zero-order valence-corrected chi connectivity index (χ0v) is 23.5. The summed E-state index contributed by atoms with van der Waals surface area (Å²) in [5, 5.41) is 14.4. The summed E-state index contributed by atoms with van der Waals surface area (Å²) < 4.78 is 18.3. The molecular weight excluding hydrogens is 510 g/mol. The topological polar surface area (TPSA) is 112 Å². The molecule has 0 spiro atoms. The summed E-state index contributed by atoms with van der Waals surface area (Å²) in [6, 6.07) is 16.2. The molecule has 4 rings (SSSR count). The van der Waals surface area contributed by atoms with Gasteiger partial charge < -0.3 is 19.3 Å². The molecule has 1 aromatic heterocycles. The van der Waals surface area contributed by atoms with Crippen molar-refractivity contribution in [2.24, 2.45) is 5.10 Å². The normalized spacial score (nSPS) is 12.2. The number of ether oxygens (including phenoxy) is 3. The van der Waals surface area contributed by atoms with Gasteiger partial charge in [-0.25, -0.2) is 9.78 Å². The molecule has 0 aliphatic carbocycles. The summed E-state index contributed by atoms with van der Waals surface area (Å²) in [5.74, 6) is 0.738. The summed E-state index contributed by atoms with van der Waals surface area (Å²) in [5.41, 5.74) is 3.25. The van der Waals surface area contributed by atoms with Crippen LogP contribution in [-0.4, -0.2) is 46.8 Å². The first kappa shape index (κ1) is 28.4. The van der Waals surface area contributed by atoms with E-state index in [-0.39, 0.29) is 17.2 Å². The smallest absolute Gasteiger partial charge is 0.344 e. The molecule has 1 N–H and O–H groups in total. The Bertz CT molecular complexity index is 1640. The minimum absolute atomic E-state index is 0.165. The van der Waals surface area contributed by atoms with Gasteiger partial charge in [0.2, 0.25) is 0 Å². The van der Waals surface area contributed by atoms with Gasteiger partial charge in [0.15, 0.2) is 23.4 Å². The molecule has 0 unspecified atom stereocenters. The average molecular weight is 544 g/mol. The number of carboxylic acids is 1. The molecule has 0 aliphatic heterocycles. The van der Waals surface area contributed by atoms with Crippen molar-refractivity contribution in [2.45, 2.75) is 46.6 Å². The van der Waals surface area contributed by atoms with Crippen LogP contribution >= 0.6 is 0 Å². The Hall–Kier alpha value is -4.66. The van der Waals surface area contributed by atoms with Crippen molar-refractivity contribution in [3.05, 3.63) is 81.6 Å². The molecule has 0 saturated heterocycles. The third-order valence-electron chi connectivity index (χ3n) is 6.46. The second-order valence-corrected chi connectivity index (χ2v) is 9.58. The summed E-state index contributed by atoms with van der Waals surface area (Å²) in [6.07, 6.45) is 0.311. The number of hydrogen-bond donors (Lipinski definition) is 1. The van der Waals surface area contributed by atoms with Gasteiger partial charge in [0.1, 0.15) is 5.75 Å². The van der Waals surface area contributed by atoms with E-state index in [4.69, 9.17) is 19.2 Å².